The van der Waals surface area contributed by atoms with Crippen molar-refractivity contribution in [3.05, 3.63) is 0 Å². The molecule has 0 heterocycles. The zero-order valence-electron chi connectivity index (χ0n) is 30.7. The lowest BCUT2D eigenvalue weighted by atomic mass is 9.98. The Labute approximate surface area is 308 Å². The van der Waals surface area contributed by atoms with Crippen LogP contribution in [0.3, 0.4) is 0 Å². The maximum absolute atomic E-state index is 13.8. The number of esters is 4. The third kappa shape index (κ3) is 17.1. The molecule has 4 aliphatic carbocycles. The molecule has 52 heavy (non-hydrogen) atoms. The quantitative estimate of drug-likeness (QED) is 0.0479. The van der Waals surface area contributed by atoms with Gasteiger partial charge in [0.25, 0.3) is 0 Å². The number of rotatable bonds is 21. The van der Waals surface area contributed by atoms with E-state index in [4.69, 9.17) is 37.0 Å². The highest BCUT2D eigenvalue weighted by Crippen LogP contribution is 2.52. The Morgan fingerprint density at radius 2 is 0.577 bits per heavy atom. The molecule has 0 radical (unpaired) electrons. The molecule has 0 amide bonds. The van der Waals surface area contributed by atoms with Gasteiger partial charge in [-0.2, -0.15) is 0 Å². The summed E-state index contributed by atoms with van der Waals surface area (Å²) in [5.74, 6) is -2.70. The molecule has 4 saturated carbocycles. The molecule has 0 bridgehead atoms. The fourth-order valence-electron chi connectivity index (χ4n) is 7.16. The summed E-state index contributed by atoms with van der Waals surface area (Å²) in [7, 11) is -8.08. The third-order valence-corrected chi connectivity index (χ3v) is 13.8. The van der Waals surface area contributed by atoms with Crippen LogP contribution in [0, 0.1) is 0 Å². The van der Waals surface area contributed by atoms with Gasteiger partial charge in [-0.15, -0.1) is 0 Å². The summed E-state index contributed by atoms with van der Waals surface area (Å²) >= 11 is 0. The van der Waals surface area contributed by atoms with Crippen LogP contribution in [0.25, 0.3) is 0 Å². The van der Waals surface area contributed by atoms with E-state index in [9.17, 15) is 28.3 Å². The minimum atomic E-state index is -4.04. The molecular weight excluding hydrogens is 718 g/mol. The normalized spacial score (nSPS) is 20.2. The van der Waals surface area contributed by atoms with Gasteiger partial charge < -0.3 is 18.9 Å². The molecule has 0 aromatic carbocycles. The maximum atomic E-state index is 13.8. The summed E-state index contributed by atoms with van der Waals surface area (Å²) in [6.45, 7) is -2.49. The molecule has 0 aromatic rings. The van der Waals surface area contributed by atoms with Crippen molar-refractivity contribution in [1.82, 2.24) is 0 Å². The monoisotopic (exact) mass is 778 g/mol. The first-order chi connectivity index (χ1) is 25.1. The van der Waals surface area contributed by atoms with Crippen LogP contribution < -0.4 is 0 Å². The molecule has 0 aromatic heterocycles. The number of carbonyl (C=O) groups is 4. The molecule has 4 aliphatic rings. The van der Waals surface area contributed by atoms with Gasteiger partial charge in [0.05, 0.1) is 12.3 Å². The minimum Gasteiger partial charge on any atom is -0.461 e. The molecule has 0 aliphatic heterocycles. The van der Waals surface area contributed by atoms with E-state index in [1.54, 1.807) is 0 Å². The van der Waals surface area contributed by atoms with E-state index in [0.29, 0.717) is 0 Å². The topological polar surface area (TPSA) is 176 Å². The first-order valence-electron chi connectivity index (χ1n) is 19.6. The van der Waals surface area contributed by atoms with Crippen LogP contribution >= 0.6 is 15.2 Å². The molecule has 0 N–H and O–H groups in total. The van der Waals surface area contributed by atoms with Crippen LogP contribution in [-0.2, 0) is 65.4 Å². The maximum Gasteiger partial charge on any atom is 0.332 e. The summed E-state index contributed by atoms with van der Waals surface area (Å²) in [4.78, 5) is 50.3. The fraction of sp³-hybridized carbons (Fsp3) is 0.889. The Bertz CT molecular complexity index is 1030. The zero-order valence-corrected chi connectivity index (χ0v) is 32.5. The number of hydrogen-bond acceptors (Lipinski definition) is 14. The molecule has 0 spiro atoms. The van der Waals surface area contributed by atoms with Gasteiger partial charge in [-0.05, 0) is 116 Å². The third-order valence-electron chi connectivity index (χ3n) is 10.0. The van der Waals surface area contributed by atoms with E-state index in [2.05, 4.69) is 0 Å². The largest absolute Gasteiger partial charge is 0.461 e. The summed E-state index contributed by atoms with van der Waals surface area (Å²) < 4.78 is 71.6. The SMILES string of the molecule is O=C(COP(=O)(CCCCP(=O)(OCC(=O)OC1CCCCC1)OCC(=O)OC1CCCCC1)OCC(=O)OC1CCCCC1)OC1CCCCC1. The Balaban J connectivity index is 1.31. The van der Waals surface area contributed by atoms with Crippen molar-refractivity contribution in [2.24, 2.45) is 0 Å². The van der Waals surface area contributed by atoms with Gasteiger partial charge in [-0.25, -0.2) is 19.2 Å². The molecular formula is C36H60O14P2. The highest BCUT2D eigenvalue weighted by Gasteiger charge is 2.32. The second-order valence-electron chi connectivity index (χ2n) is 14.5. The van der Waals surface area contributed by atoms with Gasteiger partial charge in [0, 0.05) is 0 Å². The minimum absolute atomic E-state index is 0.0996. The molecule has 4 fully saturated rings. The second-order valence-corrected chi connectivity index (χ2v) is 18.8. The lowest BCUT2D eigenvalue weighted by Gasteiger charge is -2.24. The summed E-state index contributed by atoms with van der Waals surface area (Å²) in [5.41, 5.74) is 0. The Morgan fingerprint density at radius 1 is 0.365 bits per heavy atom. The van der Waals surface area contributed by atoms with E-state index in [1.165, 1.54) is 0 Å². The number of ether oxygens (including phenoxy) is 4. The van der Waals surface area contributed by atoms with Crippen LogP contribution in [0.5, 0.6) is 0 Å². The van der Waals surface area contributed by atoms with Crippen LogP contribution in [0.1, 0.15) is 141 Å². The van der Waals surface area contributed by atoms with Crippen LogP contribution in [0.15, 0.2) is 0 Å². The molecule has 0 saturated heterocycles. The van der Waals surface area contributed by atoms with Crippen molar-refractivity contribution in [3.63, 3.8) is 0 Å². The molecule has 0 unspecified atom stereocenters. The highest BCUT2D eigenvalue weighted by molar-refractivity contribution is 7.54. The van der Waals surface area contributed by atoms with E-state index < -0.39 is 65.5 Å². The smallest absolute Gasteiger partial charge is 0.332 e. The van der Waals surface area contributed by atoms with Gasteiger partial charge in [-0.1, -0.05) is 25.7 Å². The Kier molecular flexibility index (Phi) is 19.1. The fourth-order valence-corrected chi connectivity index (χ4v) is 10.3. The lowest BCUT2D eigenvalue weighted by Crippen LogP contribution is -2.25. The van der Waals surface area contributed by atoms with Crippen LogP contribution in [-0.4, -0.2) is 87.0 Å². The number of hydrogen-bond donors (Lipinski definition) is 0. The molecule has 14 nitrogen and oxygen atoms in total. The van der Waals surface area contributed by atoms with Crippen molar-refractivity contribution < 1.29 is 65.4 Å². The van der Waals surface area contributed by atoms with Crippen molar-refractivity contribution >= 4 is 39.1 Å². The molecule has 298 valence electrons. The lowest BCUT2D eigenvalue weighted by molar-refractivity contribution is -0.155. The second kappa shape index (κ2) is 23.2. The van der Waals surface area contributed by atoms with E-state index in [-0.39, 0.29) is 49.6 Å². The summed E-state index contributed by atoms with van der Waals surface area (Å²) in [6.07, 6.45) is 17.0. The number of unbranched alkanes of at least 4 members (excludes halogenated alkanes) is 1. The highest BCUT2D eigenvalue weighted by atomic mass is 31.2. The van der Waals surface area contributed by atoms with Gasteiger partial charge in [0.1, 0.15) is 24.4 Å². The van der Waals surface area contributed by atoms with Gasteiger partial charge in [0.2, 0.25) is 0 Å². The summed E-state index contributed by atoms with van der Waals surface area (Å²) in [5, 5.41) is 0. The molecule has 16 heteroatoms. The predicted octanol–water partition coefficient (Wildman–Crippen LogP) is 7.72. The van der Waals surface area contributed by atoms with E-state index >= 15 is 0 Å². The van der Waals surface area contributed by atoms with Gasteiger partial charge in [-0.3, -0.25) is 27.2 Å². The van der Waals surface area contributed by atoms with Crippen molar-refractivity contribution in [1.29, 1.82) is 0 Å². The molecule has 4 rings (SSSR count). The first kappa shape index (κ1) is 42.9. The standard InChI is InChI=1S/C36H60O14P2/c37-33(47-29-15-5-1-6-16-29)25-43-51(41,44-26-34(38)48-30-17-7-2-8-18-30)23-13-14-24-52(42,45-27-35(39)49-31-19-9-3-10-20-31)46-28-36(40)50-32-21-11-4-12-22-32/h29-32H,1-28H2. The summed E-state index contributed by atoms with van der Waals surface area (Å²) in [6, 6.07) is 0. The first-order valence-corrected chi connectivity index (χ1v) is 23.1. The van der Waals surface area contributed by atoms with Gasteiger partial charge in [0.15, 0.2) is 26.4 Å². The van der Waals surface area contributed by atoms with Crippen LogP contribution in [0.2, 0.25) is 0 Å². The molecule has 0 atom stereocenters. The van der Waals surface area contributed by atoms with E-state index in [1.807, 2.05) is 0 Å². The van der Waals surface area contributed by atoms with Crippen molar-refractivity contribution in [2.45, 2.75) is 166 Å². The van der Waals surface area contributed by atoms with Crippen molar-refractivity contribution in [2.75, 3.05) is 38.8 Å². The van der Waals surface area contributed by atoms with Crippen molar-refractivity contribution in [3.8, 4) is 0 Å². The van der Waals surface area contributed by atoms with Crippen LogP contribution in [0.4, 0.5) is 0 Å². The average molecular weight is 779 g/mol. The predicted molar refractivity (Wildman–Crippen MR) is 190 cm³/mol. The Hall–Kier alpha value is -1.82. The Morgan fingerprint density at radius 3 is 0.788 bits per heavy atom. The average Bonchev–Trinajstić information content (AvgIpc) is 3.15. The zero-order chi connectivity index (χ0) is 37.1. The number of carbonyl (C=O) groups excluding carboxylic acids is 4. The van der Waals surface area contributed by atoms with Gasteiger partial charge >= 0.3 is 39.1 Å². The van der Waals surface area contributed by atoms with E-state index in [0.717, 1.165) is 128 Å².